The van der Waals surface area contributed by atoms with Crippen LogP contribution in [-0.2, 0) is 0 Å². The van der Waals surface area contributed by atoms with E-state index in [4.69, 9.17) is 0 Å². The lowest BCUT2D eigenvalue weighted by Gasteiger charge is -2.57. The predicted octanol–water partition coefficient (Wildman–Crippen LogP) is 8.15. The van der Waals surface area contributed by atoms with E-state index in [-0.39, 0.29) is 0 Å². The minimum absolute atomic E-state index is 0.468. The molecule has 0 aliphatic heterocycles. The van der Waals surface area contributed by atoms with Gasteiger partial charge in [-0.3, -0.25) is 0 Å². The molecule has 4 atom stereocenters. The first-order valence-electron chi connectivity index (χ1n) is 13.2. The van der Waals surface area contributed by atoms with Gasteiger partial charge in [0.05, 0.1) is 11.7 Å². The highest BCUT2D eigenvalue weighted by molar-refractivity contribution is 5.18. The number of rotatable bonds is 10. The molecule has 184 valence electrons. The normalized spacial score (nSPS) is 30.0. The van der Waals surface area contributed by atoms with Crippen molar-refractivity contribution in [1.29, 1.82) is 0 Å². The van der Waals surface area contributed by atoms with Gasteiger partial charge in [-0.1, -0.05) is 62.1 Å². The third-order valence-corrected chi connectivity index (χ3v) is 8.90. The fraction of sp³-hybridized carbons (Fsp3) is 0.800. The Hall–Kier alpha value is -0.860. The lowest BCUT2D eigenvalue weighted by molar-refractivity contribution is -0.0509. The summed E-state index contributed by atoms with van der Waals surface area (Å²) in [7, 11) is 0. The van der Waals surface area contributed by atoms with Gasteiger partial charge in [-0.05, 0) is 115 Å². The molecule has 0 bridgehead atoms. The number of allylic oxidation sites excluding steroid dienone is 6. The van der Waals surface area contributed by atoms with Gasteiger partial charge >= 0.3 is 0 Å². The van der Waals surface area contributed by atoms with Crippen molar-refractivity contribution in [3.63, 3.8) is 0 Å². The van der Waals surface area contributed by atoms with Gasteiger partial charge in [0.2, 0.25) is 0 Å². The van der Waals surface area contributed by atoms with E-state index < -0.39 is 11.7 Å². The molecule has 2 nitrogen and oxygen atoms in total. The quantitative estimate of drug-likeness (QED) is 0.334. The van der Waals surface area contributed by atoms with Crippen molar-refractivity contribution in [2.45, 2.75) is 131 Å². The Morgan fingerprint density at radius 2 is 1.72 bits per heavy atom. The lowest BCUT2D eigenvalue weighted by atomic mass is 9.48. The van der Waals surface area contributed by atoms with Crippen LogP contribution in [0.1, 0.15) is 120 Å². The van der Waals surface area contributed by atoms with E-state index in [2.05, 4.69) is 59.8 Å². The van der Waals surface area contributed by atoms with Crippen molar-refractivity contribution in [2.24, 2.45) is 22.7 Å². The Labute approximate surface area is 199 Å². The molecule has 2 rings (SSSR count). The molecule has 0 heterocycles. The number of aliphatic hydroxyl groups excluding tert-OH is 1. The average Bonchev–Trinajstić information content (AvgIpc) is 2.66. The summed E-state index contributed by atoms with van der Waals surface area (Å²) in [4.78, 5) is 0. The van der Waals surface area contributed by atoms with Crippen molar-refractivity contribution >= 4 is 0 Å². The molecule has 2 aliphatic carbocycles. The fourth-order valence-corrected chi connectivity index (χ4v) is 6.66. The Bertz CT molecular complexity index is 703. The van der Waals surface area contributed by atoms with E-state index in [9.17, 15) is 10.2 Å². The Kier molecular flexibility index (Phi) is 9.45. The minimum Gasteiger partial charge on any atom is -0.390 e. The van der Waals surface area contributed by atoms with Crippen molar-refractivity contribution in [3.8, 4) is 0 Å². The summed E-state index contributed by atoms with van der Waals surface area (Å²) in [5, 5.41) is 19.9. The lowest BCUT2D eigenvalue weighted by Crippen LogP contribution is -2.48. The summed E-state index contributed by atoms with van der Waals surface area (Å²) in [6, 6.07) is 0. The van der Waals surface area contributed by atoms with E-state index in [0.717, 1.165) is 31.1 Å². The standard InChI is InChI=1S/C30H52O2/c1-22(12-9-13-23(2)16-19-27(31)29(6,7)32)14-10-15-25-24(3)17-18-26-28(4,5)20-11-21-30(25,26)8/h13-14,17,25-27,31-32H,9-12,15-16,18-21H2,1-8H3/b22-14+,23-13+/t25-,26-,27-,30+/m0/s1. The largest absolute Gasteiger partial charge is 0.390 e. The topological polar surface area (TPSA) is 40.5 Å². The third-order valence-electron chi connectivity index (χ3n) is 8.90. The van der Waals surface area contributed by atoms with Crippen LogP contribution in [0.25, 0.3) is 0 Å². The van der Waals surface area contributed by atoms with Gasteiger partial charge in [-0.25, -0.2) is 0 Å². The SMILES string of the molecule is CC1=CC[C@H]2C(C)(C)CCC[C@]2(C)[C@H]1CC/C=C(\C)CC/C=C(\C)CC[C@H](O)C(C)(C)O. The summed E-state index contributed by atoms with van der Waals surface area (Å²) < 4.78 is 0. The minimum atomic E-state index is -1.02. The first-order chi connectivity index (χ1) is 14.8. The highest BCUT2D eigenvalue weighted by Crippen LogP contribution is 2.60. The average molecular weight is 445 g/mol. The van der Waals surface area contributed by atoms with Crippen LogP contribution in [0.15, 0.2) is 34.9 Å². The third kappa shape index (κ3) is 7.07. The van der Waals surface area contributed by atoms with Crippen molar-refractivity contribution < 1.29 is 10.2 Å². The van der Waals surface area contributed by atoms with Gasteiger partial charge < -0.3 is 10.2 Å². The van der Waals surface area contributed by atoms with Gasteiger partial charge in [0.1, 0.15) is 0 Å². The molecule has 2 aliphatic rings. The number of aliphatic hydroxyl groups is 2. The van der Waals surface area contributed by atoms with Crippen LogP contribution in [0, 0.1) is 22.7 Å². The van der Waals surface area contributed by atoms with Crippen LogP contribution in [0.3, 0.4) is 0 Å². The van der Waals surface area contributed by atoms with E-state index in [1.54, 1.807) is 19.4 Å². The van der Waals surface area contributed by atoms with Crippen molar-refractivity contribution in [1.82, 2.24) is 0 Å². The van der Waals surface area contributed by atoms with E-state index >= 15 is 0 Å². The summed E-state index contributed by atoms with van der Waals surface area (Å²) in [5.74, 6) is 1.56. The molecule has 0 aromatic heterocycles. The maximum absolute atomic E-state index is 10.0. The number of fused-ring (bicyclic) bond motifs is 1. The second-order valence-electron chi connectivity index (χ2n) is 12.6. The molecule has 0 saturated heterocycles. The molecule has 0 amide bonds. The predicted molar refractivity (Wildman–Crippen MR) is 139 cm³/mol. The number of hydrogen-bond donors (Lipinski definition) is 2. The Balaban J connectivity index is 1.84. The van der Waals surface area contributed by atoms with Crippen LogP contribution in [-0.4, -0.2) is 21.9 Å². The van der Waals surface area contributed by atoms with Crippen LogP contribution >= 0.6 is 0 Å². The van der Waals surface area contributed by atoms with Gasteiger partial charge in [0.25, 0.3) is 0 Å². The second-order valence-corrected chi connectivity index (χ2v) is 12.6. The van der Waals surface area contributed by atoms with Gasteiger partial charge in [-0.15, -0.1) is 0 Å². The summed E-state index contributed by atoms with van der Waals surface area (Å²) >= 11 is 0. The van der Waals surface area contributed by atoms with Gasteiger partial charge in [-0.2, -0.15) is 0 Å². The first kappa shape index (κ1) is 27.4. The molecule has 32 heavy (non-hydrogen) atoms. The molecular weight excluding hydrogens is 392 g/mol. The fourth-order valence-electron chi connectivity index (χ4n) is 6.66. The highest BCUT2D eigenvalue weighted by Gasteiger charge is 2.51. The molecule has 0 unspecified atom stereocenters. The summed E-state index contributed by atoms with van der Waals surface area (Å²) in [6.45, 7) is 17.7. The first-order valence-corrected chi connectivity index (χ1v) is 13.2. The van der Waals surface area contributed by atoms with E-state index in [1.165, 1.54) is 49.7 Å². The maximum atomic E-state index is 10.0. The maximum Gasteiger partial charge on any atom is 0.0849 e. The van der Waals surface area contributed by atoms with Crippen LogP contribution in [0.4, 0.5) is 0 Å². The molecule has 0 aromatic rings. The molecule has 1 fully saturated rings. The van der Waals surface area contributed by atoms with E-state index in [1.807, 2.05) is 0 Å². The zero-order valence-electron chi connectivity index (χ0n) is 22.4. The zero-order valence-corrected chi connectivity index (χ0v) is 22.4. The monoisotopic (exact) mass is 444 g/mol. The zero-order chi connectivity index (χ0) is 24.2. The van der Waals surface area contributed by atoms with Crippen LogP contribution in [0.5, 0.6) is 0 Å². The summed E-state index contributed by atoms with van der Waals surface area (Å²) in [5.41, 5.74) is 4.36. The van der Waals surface area contributed by atoms with Gasteiger partial charge in [0.15, 0.2) is 0 Å². The smallest absolute Gasteiger partial charge is 0.0849 e. The van der Waals surface area contributed by atoms with Crippen LogP contribution < -0.4 is 0 Å². The Morgan fingerprint density at radius 3 is 2.38 bits per heavy atom. The number of hydrogen-bond acceptors (Lipinski definition) is 2. The molecule has 0 aromatic carbocycles. The van der Waals surface area contributed by atoms with Gasteiger partial charge in [0, 0.05) is 0 Å². The van der Waals surface area contributed by atoms with E-state index in [0.29, 0.717) is 17.3 Å². The van der Waals surface area contributed by atoms with Crippen molar-refractivity contribution in [2.75, 3.05) is 0 Å². The van der Waals surface area contributed by atoms with Crippen molar-refractivity contribution in [3.05, 3.63) is 34.9 Å². The Morgan fingerprint density at radius 1 is 1.09 bits per heavy atom. The van der Waals surface area contributed by atoms with Crippen LogP contribution in [0.2, 0.25) is 0 Å². The second kappa shape index (κ2) is 11.0. The molecule has 2 N–H and O–H groups in total. The molecule has 2 heteroatoms. The summed E-state index contributed by atoms with van der Waals surface area (Å²) in [6.07, 6.45) is 18.2. The molecular formula is C30H52O2. The molecule has 1 saturated carbocycles. The molecule has 0 radical (unpaired) electrons. The molecule has 0 spiro atoms. The highest BCUT2D eigenvalue weighted by atomic mass is 16.3.